The van der Waals surface area contributed by atoms with Crippen molar-refractivity contribution in [3.05, 3.63) is 29.8 Å². The van der Waals surface area contributed by atoms with E-state index >= 15 is 0 Å². The van der Waals surface area contributed by atoms with E-state index in [1.165, 1.54) is 0 Å². The highest BCUT2D eigenvalue weighted by atomic mass is 16.5. The Balaban J connectivity index is 1.95. The summed E-state index contributed by atoms with van der Waals surface area (Å²) in [4.78, 5) is 23.2. The Kier molecular flexibility index (Phi) is 4.61. The second kappa shape index (κ2) is 6.41. The molecule has 108 valence electrons. The Hall–Kier alpha value is -2.04. The lowest BCUT2D eigenvalue weighted by atomic mass is 9.99. The minimum absolute atomic E-state index is 0.167. The molecule has 0 radical (unpaired) electrons. The van der Waals surface area contributed by atoms with Crippen molar-refractivity contribution in [3.8, 4) is 5.75 Å². The summed E-state index contributed by atoms with van der Waals surface area (Å²) >= 11 is 0. The van der Waals surface area contributed by atoms with Crippen molar-refractivity contribution in [2.75, 3.05) is 13.2 Å². The summed E-state index contributed by atoms with van der Waals surface area (Å²) in [5, 5.41) is 11.8. The first-order valence-corrected chi connectivity index (χ1v) is 6.85. The molecule has 2 unspecified atom stereocenters. The number of carbonyl (C=O) groups excluding carboxylic acids is 1. The maximum Gasteiger partial charge on any atom is 0.308 e. The number of rotatable bonds is 6. The average molecular weight is 277 g/mol. The van der Waals surface area contributed by atoms with Gasteiger partial charge in [-0.25, -0.2) is 0 Å². The van der Waals surface area contributed by atoms with Gasteiger partial charge in [-0.2, -0.15) is 0 Å². The molecule has 1 aliphatic rings. The second-order valence-corrected chi connectivity index (χ2v) is 4.97. The van der Waals surface area contributed by atoms with Gasteiger partial charge >= 0.3 is 5.97 Å². The summed E-state index contributed by atoms with van der Waals surface area (Å²) in [6, 6.07) is 7.43. The fourth-order valence-corrected chi connectivity index (χ4v) is 2.39. The Morgan fingerprint density at radius 3 is 2.90 bits per heavy atom. The van der Waals surface area contributed by atoms with Crippen molar-refractivity contribution >= 4 is 11.9 Å². The van der Waals surface area contributed by atoms with Crippen LogP contribution < -0.4 is 10.1 Å². The van der Waals surface area contributed by atoms with Crippen LogP contribution in [0.3, 0.4) is 0 Å². The van der Waals surface area contributed by atoms with Crippen LogP contribution in [0, 0.1) is 5.92 Å². The second-order valence-electron chi connectivity index (χ2n) is 4.97. The molecule has 1 heterocycles. The van der Waals surface area contributed by atoms with E-state index in [0.717, 1.165) is 17.7 Å². The number of carboxylic acids is 1. The summed E-state index contributed by atoms with van der Waals surface area (Å²) in [5.74, 6) is -1.17. The molecule has 0 aliphatic carbocycles. The van der Waals surface area contributed by atoms with Gasteiger partial charge in [0.1, 0.15) is 18.3 Å². The molecule has 0 saturated carbocycles. The number of benzene rings is 1. The number of carbonyl (C=O) groups is 2. The number of hydrogen-bond acceptors (Lipinski definition) is 3. The molecule has 5 nitrogen and oxygen atoms in total. The standard InChI is InChI=1S/C15H19NO4/c1-2-5-10(15(18)19)8-16-14(17)12-9-20-13-7-4-3-6-11(12)13/h3-4,6-7,10,12H,2,5,8-9H2,1H3,(H,16,17)(H,18,19). The van der Waals surface area contributed by atoms with E-state index in [1.807, 2.05) is 31.2 Å². The average Bonchev–Trinajstić information content (AvgIpc) is 2.86. The number of para-hydroxylation sites is 1. The maximum absolute atomic E-state index is 12.2. The molecule has 1 aliphatic heterocycles. The molecule has 1 aromatic carbocycles. The molecule has 0 fully saturated rings. The predicted octanol–water partition coefficient (Wildman–Crippen LogP) is 1.78. The molecule has 2 N–H and O–H groups in total. The fourth-order valence-electron chi connectivity index (χ4n) is 2.39. The number of carboxylic acid groups (broad SMARTS) is 1. The third-order valence-electron chi connectivity index (χ3n) is 3.53. The van der Waals surface area contributed by atoms with Gasteiger partial charge in [0.15, 0.2) is 0 Å². The van der Waals surface area contributed by atoms with Crippen molar-refractivity contribution in [1.29, 1.82) is 0 Å². The van der Waals surface area contributed by atoms with Gasteiger partial charge < -0.3 is 15.2 Å². The SMILES string of the molecule is CCCC(CNC(=O)C1COc2ccccc21)C(=O)O. The number of aliphatic carboxylic acids is 1. The van der Waals surface area contributed by atoms with E-state index in [9.17, 15) is 9.59 Å². The Morgan fingerprint density at radius 2 is 2.20 bits per heavy atom. The predicted molar refractivity (Wildman–Crippen MR) is 73.7 cm³/mol. The number of ether oxygens (including phenoxy) is 1. The zero-order valence-electron chi connectivity index (χ0n) is 11.5. The highest BCUT2D eigenvalue weighted by molar-refractivity contribution is 5.85. The Bertz CT molecular complexity index is 500. The minimum Gasteiger partial charge on any atom is -0.492 e. The Labute approximate surface area is 117 Å². The molecular formula is C15H19NO4. The van der Waals surface area contributed by atoms with Crippen LogP contribution in [0.5, 0.6) is 5.75 Å². The summed E-state index contributed by atoms with van der Waals surface area (Å²) in [6.45, 7) is 2.41. The topological polar surface area (TPSA) is 75.6 Å². The molecule has 0 spiro atoms. The van der Waals surface area contributed by atoms with Gasteiger partial charge in [0, 0.05) is 12.1 Å². The lowest BCUT2D eigenvalue weighted by Crippen LogP contribution is -2.36. The number of nitrogens with one attached hydrogen (secondary N) is 1. The summed E-state index contributed by atoms with van der Waals surface area (Å²) in [7, 11) is 0. The number of fused-ring (bicyclic) bond motifs is 1. The van der Waals surface area contributed by atoms with Gasteiger partial charge in [-0.3, -0.25) is 9.59 Å². The molecule has 1 amide bonds. The summed E-state index contributed by atoms with van der Waals surface area (Å²) < 4.78 is 5.46. The quantitative estimate of drug-likeness (QED) is 0.831. The molecule has 2 rings (SSSR count). The van der Waals surface area contributed by atoms with Gasteiger partial charge in [-0.1, -0.05) is 31.5 Å². The zero-order chi connectivity index (χ0) is 14.5. The monoisotopic (exact) mass is 277 g/mol. The van der Waals surface area contributed by atoms with E-state index in [-0.39, 0.29) is 18.4 Å². The van der Waals surface area contributed by atoms with Crippen LogP contribution in [0.25, 0.3) is 0 Å². The van der Waals surface area contributed by atoms with Crippen molar-refractivity contribution in [3.63, 3.8) is 0 Å². The van der Waals surface area contributed by atoms with Crippen molar-refractivity contribution < 1.29 is 19.4 Å². The third-order valence-corrected chi connectivity index (χ3v) is 3.53. The molecule has 0 aromatic heterocycles. The van der Waals surface area contributed by atoms with Crippen LogP contribution in [0.15, 0.2) is 24.3 Å². The molecule has 1 aromatic rings. The molecule has 2 atom stereocenters. The van der Waals surface area contributed by atoms with Crippen LogP contribution in [0.1, 0.15) is 31.2 Å². The van der Waals surface area contributed by atoms with Gasteiger partial charge in [0.05, 0.1) is 5.92 Å². The van der Waals surface area contributed by atoms with Crippen molar-refractivity contribution in [2.24, 2.45) is 5.92 Å². The van der Waals surface area contributed by atoms with E-state index in [1.54, 1.807) is 0 Å². The van der Waals surface area contributed by atoms with Crippen molar-refractivity contribution in [1.82, 2.24) is 5.32 Å². The zero-order valence-corrected chi connectivity index (χ0v) is 11.5. The largest absolute Gasteiger partial charge is 0.492 e. The normalized spacial score (nSPS) is 17.9. The maximum atomic E-state index is 12.2. The highest BCUT2D eigenvalue weighted by Gasteiger charge is 2.30. The summed E-state index contributed by atoms with van der Waals surface area (Å²) in [5.41, 5.74) is 0.868. The lowest BCUT2D eigenvalue weighted by Gasteiger charge is -2.14. The third kappa shape index (κ3) is 3.10. The van der Waals surface area contributed by atoms with Gasteiger partial charge in [0.25, 0.3) is 0 Å². The molecule has 5 heteroatoms. The van der Waals surface area contributed by atoms with Gasteiger partial charge in [-0.15, -0.1) is 0 Å². The molecular weight excluding hydrogens is 258 g/mol. The van der Waals surface area contributed by atoms with E-state index < -0.39 is 11.9 Å². The number of hydrogen-bond donors (Lipinski definition) is 2. The number of amides is 1. The van der Waals surface area contributed by atoms with Crippen LogP contribution in [-0.2, 0) is 9.59 Å². The first kappa shape index (κ1) is 14.4. The van der Waals surface area contributed by atoms with Crippen molar-refractivity contribution in [2.45, 2.75) is 25.7 Å². The van der Waals surface area contributed by atoms with Crippen LogP contribution in [0.2, 0.25) is 0 Å². The Morgan fingerprint density at radius 1 is 1.45 bits per heavy atom. The first-order chi connectivity index (χ1) is 9.63. The lowest BCUT2D eigenvalue weighted by molar-refractivity contribution is -0.142. The van der Waals surface area contributed by atoms with E-state index in [2.05, 4.69) is 5.32 Å². The van der Waals surface area contributed by atoms with Crippen LogP contribution in [-0.4, -0.2) is 30.1 Å². The molecule has 20 heavy (non-hydrogen) atoms. The van der Waals surface area contributed by atoms with Crippen LogP contribution in [0.4, 0.5) is 0 Å². The highest BCUT2D eigenvalue weighted by Crippen LogP contribution is 2.33. The van der Waals surface area contributed by atoms with Crippen LogP contribution >= 0.6 is 0 Å². The minimum atomic E-state index is -0.866. The first-order valence-electron chi connectivity index (χ1n) is 6.85. The fraction of sp³-hybridized carbons (Fsp3) is 0.467. The van der Waals surface area contributed by atoms with E-state index in [4.69, 9.17) is 9.84 Å². The molecule has 0 saturated heterocycles. The van der Waals surface area contributed by atoms with E-state index in [0.29, 0.717) is 13.0 Å². The molecule has 0 bridgehead atoms. The van der Waals surface area contributed by atoms with Gasteiger partial charge in [0.2, 0.25) is 5.91 Å². The van der Waals surface area contributed by atoms with Gasteiger partial charge in [-0.05, 0) is 12.5 Å². The smallest absolute Gasteiger partial charge is 0.308 e. The summed E-state index contributed by atoms with van der Waals surface area (Å²) in [6.07, 6.45) is 1.34.